The molecule has 2 aliphatic rings. The number of carbonyl (C=O) groups excluding carboxylic acids is 1. The number of hydrogen-bond donors (Lipinski definition) is 0. The molecule has 1 aromatic heterocycles. The molecule has 0 amide bonds. The molecule has 0 radical (unpaired) electrons. The molecule has 0 aliphatic heterocycles. The molecule has 0 unspecified atom stereocenters. The maximum atomic E-state index is 12.7. The van der Waals surface area contributed by atoms with E-state index in [1.807, 2.05) is 26.8 Å². The van der Waals surface area contributed by atoms with Crippen LogP contribution >= 0.6 is 15.9 Å². The summed E-state index contributed by atoms with van der Waals surface area (Å²) in [6.07, 6.45) is 11.6. The Balaban J connectivity index is 1.82. The molecule has 4 rings (SSSR count). The van der Waals surface area contributed by atoms with Crippen LogP contribution in [-0.2, 0) is 4.74 Å². The van der Waals surface area contributed by atoms with Gasteiger partial charge in [0.2, 0.25) is 0 Å². The van der Waals surface area contributed by atoms with Crippen LogP contribution < -0.4 is 0 Å². The summed E-state index contributed by atoms with van der Waals surface area (Å²) in [4.78, 5) is 12.7. The number of nitrogens with zero attached hydrogens (tertiary/aromatic N) is 1. The third-order valence-electron chi connectivity index (χ3n) is 6.32. The van der Waals surface area contributed by atoms with Crippen LogP contribution in [0.1, 0.15) is 106 Å². The van der Waals surface area contributed by atoms with Crippen LogP contribution in [0.5, 0.6) is 0 Å². The van der Waals surface area contributed by atoms with Crippen molar-refractivity contribution >= 4 is 32.8 Å². The van der Waals surface area contributed by atoms with Gasteiger partial charge < -0.3 is 9.30 Å². The third-order valence-corrected chi connectivity index (χ3v) is 7.13. The minimum atomic E-state index is -0.479. The smallest absolute Gasteiger partial charge is 0.338 e. The zero-order valence-electron chi connectivity index (χ0n) is 17.4. The Bertz CT molecular complexity index is 865. The molecular formula is C24H32BrNO2. The first-order valence-electron chi connectivity index (χ1n) is 10.9. The molecule has 2 saturated carbocycles. The second-order valence-corrected chi connectivity index (χ2v) is 10.3. The Morgan fingerprint density at radius 1 is 1.04 bits per heavy atom. The SMILES string of the molecule is CC(C)(C)OC(=O)c1ccc2c(C3CCCCC3)c(Br)n(C3CCCC3)c2c1. The number of benzene rings is 1. The van der Waals surface area contributed by atoms with Gasteiger partial charge in [-0.3, -0.25) is 0 Å². The number of ether oxygens (including phenoxy) is 1. The average molecular weight is 446 g/mol. The standard InChI is InChI=1S/C24H32BrNO2/c1-24(2,3)28-23(27)17-13-14-19-20(15-17)26(18-11-7-8-12-18)22(25)21(19)16-9-5-4-6-10-16/h13-16,18H,4-12H2,1-3H3. The molecule has 0 N–H and O–H groups in total. The summed E-state index contributed by atoms with van der Waals surface area (Å²) in [5, 5.41) is 1.32. The molecular weight excluding hydrogens is 414 g/mol. The van der Waals surface area contributed by atoms with Gasteiger partial charge in [0.05, 0.1) is 15.7 Å². The Kier molecular flexibility index (Phi) is 5.61. The maximum Gasteiger partial charge on any atom is 0.338 e. The van der Waals surface area contributed by atoms with Crippen molar-refractivity contribution < 1.29 is 9.53 Å². The lowest BCUT2D eigenvalue weighted by Crippen LogP contribution is -2.23. The lowest BCUT2D eigenvalue weighted by atomic mass is 9.84. The Hall–Kier alpha value is -1.29. The first-order valence-corrected chi connectivity index (χ1v) is 11.7. The van der Waals surface area contributed by atoms with Crippen molar-refractivity contribution in [3.63, 3.8) is 0 Å². The van der Waals surface area contributed by atoms with Crippen molar-refractivity contribution in [3.8, 4) is 0 Å². The summed E-state index contributed by atoms with van der Waals surface area (Å²) in [5.74, 6) is 0.393. The van der Waals surface area contributed by atoms with Gasteiger partial charge in [0.15, 0.2) is 0 Å². The summed E-state index contributed by atoms with van der Waals surface area (Å²) in [5.41, 5.74) is 2.84. The summed E-state index contributed by atoms with van der Waals surface area (Å²) >= 11 is 4.00. The first kappa shape index (κ1) is 20.0. The van der Waals surface area contributed by atoms with E-state index < -0.39 is 5.60 Å². The molecule has 3 nitrogen and oxygen atoms in total. The van der Waals surface area contributed by atoms with Gasteiger partial charge in [-0.25, -0.2) is 4.79 Å². The highest BCUT2D eigenvalue weighted by atomic mass is 79.9. The topological polar surface area (TPSA) is 31.2 Å². The lowest BCUT2D eigenvalue weighted by Gasteiger charge is -2.22. The monoisotopic (exact) mass is 445 g/mol. The molecule has 0 atom stereocenters. The van der Waals surface area contributed by atoms with Crippen molar-refractivity contribution in [2.75, 3.05) is 0 Å². The van der Waals surface area contributed by atoms with Gasteiger partial charge in [-0.15, -0.1) is 0 Å². The van der Waals surface area contributed by atoms with Crippen LogP contribution in [0.15, 0.2) is 22.8 Å². The summed E-state index contributed by atoms with van der Waals surface area (Å²) in [6.45, 7) is 5.76. The van der Waals surface area contributed by atoms with Gasteiger partial charge in [0, 0.05) is 11.4 Å². The Morgan fingerprint density at radius 3 is 2.32 bits per heavy atom. The molecule has 0 spiro atoms. The van der Waals surface area contributed by atoms with Gasteiger partial charge in [-0.1, -0.05) is 38.2 Å². The van der Waals surface area contributed by atoms with E-state index in [9.17, 15) is 4.79 Å². The predicted octanol–water partition coefficient (Wildman–Crippen LogP) is 7.52. The molecule has 152 valence electrons. The van der Waals surface area contributed by atoms with E-state index in [0.717, 1.165) is 0 Å². The zero-order valence-corrected chi connectivity index (χ0v) is 19.0. The number of rotatable bonds is 3. The molecule has 1 heterocycles. The van der Waals surface area contributed by atoms with Crippen molar-refractivity contribution in [2.24, 2.45) is 0 Å². The minimum absolute atomic E-state index is 0.232. The van der Waals surface area contributed by atoms with Gasteiger partial charge in [-0.05, 0) is 86.0 Å². The average Bonchev–Trinajstić information content (AvgIpc) is 3.25. The van der Waals surface area contributed by atoms with E-state index in [1.165, 1.54) is 78.9 Å². The van der Waals surface area contributed by atoms with Crippen LogP contribution in [-0.4, -0.2) is 16.1 Å². The van der Waals surface area contributed by atoms with Crippen LogP contribution in [0.3, 0.4) is 0 Å². The van der Waals surface area contributed by atoms with Gasteiger partial charge in [0.25, 0.3) is 0 Å². The van der Waals surface area contributed by atoms with Crippen molar-refractivity contribution in [1.82, 2.24) is 4.57 Å². The van der Waals surface area contributed by atoms with Crippen LogP contribution in [0.4, 0.5) is 0 Å². The van der Waals surface area contributed by atoms with Crippen molar-refractivity contribution in [2.45, 2.75) is 96.1 Å². The fourth-order valence-electron chi connectivity index (χ4n) is 5.07. The summed E-state index contributed by atoms with van der Waals surface area (Å²) in [6, 6.07) is 6.71. The molecule has 2 fully saturated rings. The number of fused-ring (bicyclic) bond motifs is 1. The molecule has 0 saturated heterocycles. The quantitative estimate of drug-likeness (QED) is 0.457. The Labute approximate surface area is 177 Å². The van der Waals surface area contributed by atoms with Crippen LogP contribution in [0.2, 0.25) is 0 Å². The number of halogens is 1. The van der Waals surface area contributed by atoms with E-state index in [-0.39, 0.29) is 5.97 Å². The Morgan fingerprint density at radius 2 is 1.68 bits per heavy atom. The lowest BCUT2D eigenvalue weighted by molar-refractivity contribution is 0.00696. The first-order chi connectivity index (χ1) is 13.3. The van der Waals surface area contributed by atoms with E-state index in [4.69, 9.17) is 4.74 Å². The highest BCUT2D eigenvalue weighted by Gasteiger charge is 2.29. The largest absolute Gasteiger partial charge is 0.456 e. The van der Waals surface area contributed by atoms with E-state index in [2.05, 4.69) is 32.6 Å². The zero-order chi connectivity index (χ0) is 19.9. The third kappa shape index (κ3) is 3.90. The highest BCUT2D eigenvalue weighted by molar-refractivity contribution is 9.10. The van der Waals surface area contributed by atoms with E-state index >= 15 is 0 Å². The van der Waals surface area contributed by atoms with Gasteiger partial charge in [0.1, 0.15) is 5.60 Å². The minimum Gasteiger partial charge on any atom is -0.456 e. The molecule has 28 heavy (non-hydrogen) atoms. The molecule has 0 bridgehead atoms. The van der Waals surface area contributed by atoms with Gasteiger partial charge >= 0.3 is 5.97 Å². The fourth-order valence-corrected chi connectivity index (χ4v) is 6.09. The van der Waals surface area contributed by atoms with E-state index in [1.54, 1.807) is 0 Å². The van der Waals surface area contributed by atoms with Crippen LogP contribution in [0, 0.1) is 0 Å². The van der Waals surface area contributed by atoms with Crippen LogP contribution in [0.25, 0.3) is 10.9 Å². The van der Waals surface area contributed by atoms with E-state index in [0.29, 0.717) is 17.5 Å². The maximum absolute atomic E-state index is 12.7. The normalized spacial score (nSPS) is 19.4. The number of aromatic nitrogens is 1. The molecule has 4 heteroatoms. The summed E-state index contributed by atoms with van der Waals surface area (Å²) < 4.78 is 9.37. The molecule has 2 aromatic rings. The number of carbonyl (C=O) groups is 1. The molecule has 2 aliphatic carbocycles. The molecule has 1 aromatic carbocycles. The fraction of sp³-hybridized carbons (Fsp3) is 0.625. The predicted molar refractivity (Wildman–Crippen MR) is 118 cm³/mol. The van der Waals surface area contributed by atoms with Crippen molar-refractivity contribution in [3.05, 3.63) is 33.9 Å². The number of esters is 1. The van der Waals surface area contributed by atoms with Gasteiger partial charge in [-0.2, -0.15) is 0 Å². The second-order valence-electron chi connectivity index (χ2n) is 9.58. The summed E-state index contributed by atoms with van der Waals surface area (Å²) in [7, 11) is 0. The number of hydrogen-bond acceptors (Lipinski definition) is 2. The van der Waals surface area contributed by atoms with Crippen molar-refractivity contribution in [1.29, 1.82) is 0 Å². The second kappa shape index (κ2) is 7.85. The highest BCUT2D eigenvalue weighted by Crippen LogP contribution is 2.46.